The number of hydroxylamine groups is 1. The van der Waals surface area contributed by atoms with Gasteiger partial charge in [0.05, 0.1) is 0 Å². The SMILES string of the molecule is O=C(NOc1ccccc1)OC(F)(F)F. The summed E-state index contributed by atoms with van der Waals surface area (Å²) in [5.41, 5.74) is 1.47. The van der Waals surface area contributed by atoms with Crippen molar-refractivity contribution in [2.45, 2.75) is 6.36 Å². The second-order valence-electron chi connectivity index (χ2n) is 2.35. The number of para-hydroxylation sites is 1. The first-order valence-electron chi connectivity index (χ1n) is 3.75. The van der Waals surface area contributed by atoms with Crippen LogP contribution in [0.1, 0.15) is 0 Å². The van der Waals surface area contributed by atoms with Gasteiger partial charge in [-0.25, -0.2) is 4.79 Å². The van der Waals surface area contributed by atoms with E-state index in [0.717, 1.165) is 0 Å². The van der Waals surface area contributed by atoms with Crippen molar-refractivity contribution in [2.24, 2.45) is 0 Å². The zero-order chi connectivity index (χ0) is 11.3. The molecule has 15 heavy (non-hydrogen) atoms. The van der Waals surface area contributed by atoms with Gasteiger partial charge in [-0.3, -0.25) is 0 Å². The van der Waals surface area contributed by atoms with Crippen molar-refractivity contribution >= 4 is 6.09 Å². The molecule has 4 nitrogen and oxygen atoms in total. The molecule has 0 spiro atoms. The Morgan fingerprint density at radius 1 is 1.20 bits per heavy atom. The van der Waals surface area contributed by atoms with Gasteiger partial charge in [0.15, 0.2) is 5.75 Å². The molecule has 0 aliphatic heterocycles. The summed E-state index contributed by atoms with van der Waals surface area (Å²) >= 11 is 0. The van der Waals surface area contributed by atoms with E-state index < -0.39 is 12.5 Å². The van der Waals surface area contributed by atoms with Gasteiger partial charge in [-0.1, -0.05) is 18.2 Å². The van der Waals surface area contributed by atoms with E-state index in [4.69, 9.17) is 0 Å². The van der Waals surface area contributed by atoms with Gasteiger partial charge in [-0.2, -0.15) is 5.48 Å². The van der Waals surface area contributed by atoms with Crippen LogP contribution in [0.3, 0.4) is 0 Å². The molecular weight excluding hydrogens is 215 g/mol. The number of rotatable bonds is 2. The number of ether oxygens (including phenoxy) is 1. The second kappa shape index (κ2) is 4.54. The van der Waals surface area contributed by atoms with Gasteiger partial charge in [0, 0.05) is 0 Å². The Balaban J connectivity index is 2.35. The highest BCUT2D eigenvalue weighted by Crippen LogP contribution is 2.16. The van der Waals surface area contributed by atoms with E-state index >= 15 is 0 Å². The normalized spacial score (nSPS) is 10.6. The lowest BCUT2D eigenvalue weighted by atomic mass is 10.3. The summed E-state index contributed by atoms with van der Waals surface area (Å²) in [6.45, 7) is 0. The Labute approximate surface area is 82.6 Å². The Morgan fingerprint density at radius 2 is 1.80 bits per heavy atom. The minimum atomic E-state index is -5.02. The first kappa shape index (κ1) is 11.2. The Kier molecular flexibility index (Phi) is 3.37. The highest BCUT2D eigenvalue weighted by Gasteiger charge is 2.34. The fourth-order valence-corrected chi connectivity index (χ4v) is 0.715. The first-order chi connectivity index (χ1) is 6.97. The molecule has 0 heterocycles. The molecule has 1 aromatic carbocycles. The van der Waals surface area contributed by atoms with E-state index in [2.05, 4.69) is 9.57 Å². The standard InChI is InChI=1S/C8H6F3NO3/c9-8(10,11)14-7(13)12-15-6-4-2-1-3-5-6/h1-5H,(H,12,13). The van der Waals surface area contributed by atoms with Crippen LogP contribution >= 0.6 is 0 Å². The van der Waals surface area contributed by atoms with Gasteiger partial charge in [0.25, 0.3) is 0 Å². The predicted octanol–water partition coefficient (Wildman–Crippen LogP) is 2.23. The third-order valence-corrected chi connectivity index (χ3v) is 1.20. The maximum absolute atomic E-state index is 11.5. The zero-order valence-corrected chi connectivity index (χ0v) is 7.25. The summed E-state index contributed by atoms with van der Waals surface area (Å²) in [4.78, 5) is 14.9. The summed E-state index contributed by atoms with van der Waals surface area (Å²) in [5, 5.41) is 0. The average molecular weight is 221 g/mol. The van der Waals surface area contributed by atoms with Crippen LogP contribution in [-0.4, -0.2) is 12.5 Å². The quantitative estimate of drug-likeness (QED) is 0.779. The summed E-state index contributed by atoms with van der Waals surface area (Å²) in [5.74, 6) is 0.191. The number of nitrogens with one attached hydrogen (secondary N) is 1. The number of hydrogen-bond donors (Lipinski definition) is 1. The summed E-state index contributed by atoms with van der Waals surface area (Å²) in [6.07, 6.45) is -6.75. The van der Waals surface area contributed by atoms with E-state index in [1.807, 2.05) is 0 Å². The largest absolute Gasteiger partial charge is 0.576 e. The van der Waals surface area contributed by atoms with Gasteiger partial charge in [0.1, 0.15) is 0 Å². The van der Waals surface area contributed by atoms with Crippen LogP contribution in [0.5, 0.6) is 5.75 Å². The van der Waals surface area contributed by atoms with Crippen LogP contribution in [0.2, 0.25) is 0 Å². The molecule has 1 aromatic rings. The summed E-state index contributed by atoms with van der Waals surface area (Å²) in [7, 11) is 0. The molecule has 7 heteroatoms. The van der Waals surface area contributed by atoms with Crippen molar-refractivity contribution in [3.63, 3.8) is 0 Å². The van der Waals surface area contributed by atoms with Crippen LogP contribution in [0.15, 0.2) is 30.3 Å². The third-order valence-electron chi connectivity index (χ3n) is 1.20. The van der Waals surface area contributed by atoms with E-state index in [0.29, 0.717) is 0 Å². The second-order valence-corrected chi connectivity index (χ2v) is 2.35. The molecule has 0 unspecified atom stereocenters. The van der Waals surface area contributed by atoms with E-state index in [1.54, 1.807) is 18.2 Å². The smallest absolute Gasteiger partial charge is 0.377 e. The van der Waals surface area contributed by atoms with E-state index in [-0.39, 0.29) is 5.75 Å². The Bertz CT molecular complexity index is 326. The number of carbonyl (C=O) groups excluding carboxylic acids is 1. The highest BCUT2D eigenvalue weighted by atomic mass is 19.4. The van der Waals surface area contributed by atoms with Crippen LogP contribution < -0.4 is 10.3 Å². The molecule has 0 saturated heterocycles. The summed E-state index contributed by atoms with van der Waals surface area (Å²) < 4.78 is 37.5. The lowest BCUT2D eigenvalue weighted by Gasteiger charge is -2.08. The van der Waals surface area contributed by atoms with Crippen LogP contribution in [0.4, 0.5) is 18.0 Å². The average Bonchev–Trinajstić information content (AvgIpc) is 2.14. The van der Waals surface area contributed by atoms with Crippen molar-refractivity contribution in [3.05, 3.63) is 30.3 Å². The molecule has 82 valence electrons. The first-order valence-corrected chi connectivity index (χ1v) is 3.75. The molecule has 1 amide bonds. The molecule has 1 N–H and O–H groups in total. The number of amides is 1. The molecule has 0 fully saturated rings. The number of hydrogen-bond acceptors (Lipinski definition) is 3. The minimum absolute atomic E-state index is 0.191. The summed E-state index contributed by atoms with van der Waals surface area (Å²) in [6, 6.07) is 7.76. The van der Waals surface area contributed by atoms with Crippen LogP contribution in [-0.2, 0) is 4.74 Å². The molecule has 0 aliphatic carbocycles. The molecule has 0 radical (unpaired) electrons. The van der Waals surface area contributed by atoms with Crippen molar-refractivity contribution in [1.29, 1.82) is 0 Å². The van der Waals surface area contributed by atoms with Crippen molar-refractivity contribution in [1.82, 2.24) is 5.48 Å². The topological polar surface area (TPSA) is 47.6 Å². The molecular formula is C8H6F3NO3. The lowest BCUT2D eigenvalue weighted by molar-refractivity contribution is -0.293. The molecule has 0 aromatic heterocycles. The van der Waals surface area contributed by atoms with E-state index in [9.17, 15) is 18.0 Å². The molecule has 0 atom stereocenters. The van der Waals surface area contributed by atoms with Gasteiger partial charge >= 0.3 is 12.5 Å². The van der Waals surface area contributed by atoms with E-state index in [1.165, 1.54) is 17.6 Å². The Hall–Kier alpha value is -1.92. The van der Waals surface area contributed by atoms with Gasteiger partial charge in [0.2, 0.25) is 0 Å². The van der Waals surface area contributed by atoms with Crippen molar-refractivity contribution < 1.29 is 27.5 Å². The fraction of sp³-hybridized carbons (Fsp3) is 0.125. The van der Waals surface area contributed by atoms with Gasteiger partial charge in [-0.05, 0) is 12.1 Å². The van der Waals surface area contributed by atoms with Crippen LogP contribution in [0.25, 0.3) is 0 Å². The monoisotopic (exact) mass is 221 g/mol. The zero-order valence-electron chi connectivity index (χ0n) is 7.25. The number of halogens is 3. The minimum Gasteiger partial charge on any atom is -0.377 e. The predicted molar refractivity (Wildman–Crippen MR) is 42.7 cm³/mol. The van der Waals surface area contributed by atoms with Gasteiger partial charge < -0.3 is 9.57 Å². The molecule has 0 aliphatic rings. The number of benzene rings is 1. The Morgan fingerprint density at radius 3 is 2.33 bits per heavy atom. The van der Waals surface area contributed by atoms with Crippen molar-refractivity contribution in [2.75, 3.05) is 0 Å². The molecule has 0 saturated carbocycles. The maximum atomic E-state index is 11.5. The fourth-order valence-electron chi connectivity index (χ4n) is 0.715. The maximum Gasteiger partial charge on any atom is 0.576 e. The molecule has 0 bridgehead atoms. The number of carbonyl (C=O) groups is 1. The number of alkyl halides is 3. The molecule has 1 rings (SSSR count). The lowest BCUT2D eigenvalue weighted by Crippen LogP contribution is -2.32. The van der Waals surface area contributed by atoms with Crippen molar-refractivity contribution in [3.8, 4) is 5.75 Å². The highest BCUT2D eigenvalue weighted by molar-refractivity contribution is 5.66. The third kappa shape index (κ3) is 4.75. The van der Waals surface area contributed by atoms with Gasteiger partial charge in [-0.15, -0.1) is 13.2 Å². The van der Waals surface area contributed by atoms with Crippen LogP contribution in [0, 0.1) is 0 Å².